The Kier molecular flexibility index (Phi) is 11.2. The van der Waals surface area contributed by atoms with Crippen molar-refractivity contribution in [3.05, 3.63) is 47.6 Å². The molecule has 5 heteroatoms. The number of hydrogen-bond acceptors (Lipinski definition) is 5. The van der Waals surface area contributed by atoms with Gasteiger partial charge in [0.25, 0.3) is 0 Å². The fraction of sp³-hybridized carbons (Fsp3) is 0.750. The van der Waals surface area contributed by atoms with Crippen molar-refractivity contribution >= 4 is 0 Å². The van der Waals surface area contributed by atoms with Crippen molar-refractivity contribution in [2.24, 2.45) is 23.7 Å². The average molecular weight is 516 g/mol. The standard InChI is InChI=1S/C32H53NO4/c1-9-29-22(5)11-14-30(37-29)23(6)18-21(4)10-12-26-24(7)27(26)13-15-31-32(35)28(33(8)20(2)3)19-25(36-31)16-17-34/h10-13,15,18,20-21,24-32,34-35H,9,14,16-17,19H2,1-8H3/b12-10+,15-13+,23-18+/t21-,24-,25-,26+,27+,28+,29-,30-,31+,32-/m1/s1. The van der Waals surface area contributed by atoms with Crippen LogP contribution < -0.4 is 0 Å². The number of hydrogen-bond donors (Lipinski definition) is 2. The van der Waals surface area contributed by atoms with Gasteiger partial charge in [-0.1, -0.05) is 57.2 Å². The summed E-state index contributed by atoms with van der Waals surface area (Å²) in [7, 11) is 2.07. The zero-order chi connectivity index (χ0) is 27.3. The van der Waals surface area contributed by atoms with Crippen molar-refractivity contribution in [1.29, 1.82) is 0 Å². The van der Waals surface area contributed by atoms with Gasteiger partial charge in [0.05, 0.1) is 24.4 Å². The maximum absolute atomic E-state index is 11.1. The van der Waals surface area contributed by atoms with Crippen LogP contribution in [0.3, 0.4) is 0 Å². The highest BCUT2D eigenvalue weighted by molar-refractivity contribution is 5.20. The van der Waals surface area contributed by atoms with Crippen LogP contribution in [0.4, 0.5) is 0 Å². The second-order valence-corrected chi connectivity index (χ2v) is 12.0. The minimum atomic E-state index is -0.567. The zero-order valence-corrected chi connectivity index (χ0v) is 24.5. The van der Waals surface area contributed by atoms with E-state index in [1.807, 2.05) is 0 Å². The lowest BCUT2D eigenvalue weighted by atomic mass is 9.91. The average Bonchev–Trinajstić information content (AvgIpc) is 3.49. The van der Waals surface area contributed by atoms with Crippen LogP contribution in [0.5, 0.6) is 0 Å². The Morgan fingerprint density at radius 1 is 1.16 bits per heavy atom. The third kappa shape index (κ3) is 7.89. The van der Waals surface area contributed by atoms with E-state index in [2.05, 4.69) is 96.9 Å². The van der Waals surface area contributed by atoms with E-state index in [1.165, 1.54) is 11.1 Å². The van der Waals surface area contributed by atoms with Crippen LogP contribution in [-0.2, 0) is 9.47 Å². The van der Waals surface area contributed by atoms with Gasteiger partial charge < -0.3 is 19.7 Å². The molecule has 210 valence electrons. The highest BCUT2D eigenvalue weighted by Gasteiger charge is 2.44. The maximum atomic E-state index is 11.1. The molecule has 0 aromatic heterocycles. The van der Waals surface area contributed by atoms with Crippen LogP contribution in [0.25, 0.3) is 0 Å². The molecule has 5 nitrogen and oxygen atoms in total. The van der Waals surface area contributed by atoms with E-state index in [-0.39, 0.29) is 37.1 Å². The van der Waals surface area contributed by atoms with E-state index in [0.29, 0.717) is 36.1 Å². The molecule has 0 aromatic rings. The lowest BCUT2D eigenvalue weighted by Gasteiger charge is -2.44. The van der Waals surface area contributed by atoms with Crippen molar-refractivity contribution < 1.29 is 19.7 Å². The largest absolute Gasteiger partial charge is 0.396 e. The van der Waals surface area contributed by atoms with Crippen LogP contribution in [0.2, 0.25) is 0 Å². The molecule has 2 fully saturated rings. The molecule has 3 rings (SSSR count). The zero-order valence-electron chi connectivity index (χ0n) is 24.5. The Hall–Kier alpha value is -1.24. The fourth-order valence-electron chi connectivity index (χ4n) is 6.01. The number of nitrogens with zero attached hydrogens (tertiary/aromatic N) is 1. The Morgan fingerprint density at radius 2 is 1.86 bits per heavy atom. The first-order chi connectivity index (χ1) is 17.6. The molecule has 1 saturated heterocycles. The second-order valence-electron chi connectivity index (χ2n) is 12.0. The molecule has 1 saturated carbocycles. The molecule has 2 N–H and O–H groups in total. The number of likely N-dealkylation sites (N-methyl/N-ethyl adjacent to an activating group) is 1. The molecule has 2 heterocycles. The minimum absolute atomic E-state index is 0.0300. The number of aliphatic hydroxyl groups excluding tert-OH is 2. The first-order valence-corrected chi connectivity index (χ1v) is 14.6. The highest BCUT2D eigenvalue weighted by Crippen LogP contribution is 2.48. The molecule has 0 spiro atoms. The maximum Gasteiger partial charge on any atom is 0.103 e. The van der Waals surface area contributed by atoms with E-state index in [9.17, 15) is 10.2 Å². The van der Waals surface area contributed by atoms with Gasteiger partial charge in [0.2, 0.25) is 0 Å². The van der Waals surface area contributed by atoms with Crippen molar-refractivity contribution in [1.82, 2.24) is 4.90 Å². The lowest BCUT2D eigenvalue weighted by molar-refractivity contribution is -0.139. The van der Waals surface area contributed by atoms with Crippen molar-refractivity contribution in [2.75, 3.05) is 13.7 Å². The van der Waals surface area contributed by atoms with Gasteiger partial charge in [-0.2, -0.15) is 0 Å². The van der Waals surface area contributed by atoms with E-state index in [0.717, 1.165) is 19.3 Å². The van der Waals surface area contributed by atoms with Crippen molar-refractivity contribution in [3.63, 3.8) is 0 Å². The minimum Gasteiger partial charge on any atom is -0.396 e. The summed E-state index contributed by atoms with van der Waals surface area (Å²) < 4.78 is 12.5. The van der Waals surface area contributed by atoms with Gasteiger partial charge in [0.1, 0.15) is 6.10 Å². The first-order valence-electron chi connectivity index (χ1n) is 14.6. The van der Waals surface area contributed by atoms with Crippen LogP contribution in [0, 0.1) is 23.7 Å². The SMILES string of the molecule is CC[C@H]1O[C@@H](/C(C)=C/[C@H](C)/C=C/[C@H]2[C@@H](C)[C@@H]2/C=C/[C@@H]2O[C@H](CCO)C[C@H](N(C)C(C)C)[C@H]2O)CC=C1C. The third-order valence-electron chi connectivity index (χ3n) is 8.95. The van der Waals surface area contributed by atoms with Gasteiger partial charge in [-0.15, -0.1) is 0 Å². The Balaban J connectivity index is 1.57. The number of allylic oxidation sites excluding steroid dienone is 4. The summed E-state index contributed by atoms with van der Waals surface area (Å²) in [5.74, 6) is 1.96. The van der Waals surface area contributed by atoms with Crippen molar-refractivity contribution in [3.8, 4) is 0 Å². The molecule has 0 aromatic carbocycles. The number of rotatable bonds is 11. The van der Waals surface area contributed by atoms with Gasteiger partial charge in [-0.05, 0) is 95.2 Å². The summed E-state index contributed by atoms with van der Waals surface area (Å²) in [6, 6.07) is 0.372. The van der Waals surface area contributed by atoms with E-state index in [1.54, 1.807) is 0 Å². The monoisotopic (exact) mass is 515 g/mol. The number of ether oxygens (including phenoxy) is 2. The predicted molar refractivity (Wildman–Crippen MR) is 152 cm³/mol. The van der Waals surface area contributed by atoms with Crippen LogP contribution >= 0.6 is 0 Å². The van der Waals surface area contributed by atoms with Gasteiger partial charge >= 0.3 is 0 Å². The van der Waals surface area contributed by atoms with Crippen LogP contribution in [0.15, 0.2) is 47.6 Å². The normalized spacial score (nSPS) is 38.1. The summed E-state index contributed by atoms with van der Waals surface area (Å²) in [4.78, 5) is 2.23. The molecule has 10 atom stereocenters. The van der Waals surface area contributed by atoms with Crippen LogP contribution in [-0.4, -0.2) is 71.4 Å². The molecule has 0 amide bonds. The molecule has 37 heavy (non-hydrogen) atoms. The van der Waals surface area contributed by atoms with Crippen LogP contribution in [0.1, 0.15) is 74.1 Å². The first kappa shape index (κ1) is 30.3. The Morgan fingerprint density at radius 3 is 2.51 bits per heavy atom. The van der Waals surface area contributed by atoms with Gasteiger partial charge in [-0.25, -0.2) is 0 Å². The lowest BCUT2D eigenvalue weighted by Crippen LogP contribution is -2.55. The predicted octanol–water partition coefficient (Wildman–Crippen LogP) is 5.69. The molecular weight excluding hydrogens is 462 g/mol. The molecule has 2 aliphatic heterocycles. The Labute approximate surface area is 226 Å². The summed E-state index contributed by atoms with van der Waals surface area (Å²) >= 11 is 0. The quantitative estimate of drug-likeness (QED) is 0.346. The molecule has 0 unspecified atom stereocenters. The topological polar surface area (TPSA) is 62.2 Å². The smallest absolute Gasteiger partial charge is 0.103 e. The summed E-state index contributed by atoms with van der Waals surface area (Å²) in [6.45, 7) is 15.5. The van der Waals surface area contributed by atoms with E-state index < -0.39 is 6.10 Å². The number of aliphatic hydroxyl groups is 2. The molecule has 0 radical (unpaired) electrons. The molecular formula is C32H53NO4. The summed E-state index contributed by atoms with van der Waals surface area (Å²) in [5, 5.41) is 20.6. The second kappa shape index (κ2) is 13.7. The molecule has 3 aliphatic rings. The van der Waals surface area contributed by atoms with Gasteiger partial charge in [0.15, 0.2) is 0 Å². The van der Waals surface area contributed by atoms with E-state index >= 15 is 0 Å². The van der Waals surface area contributed by atoms with Gasteiger partial charge in [0, 0.05) is 18.7 Å². The summed E-state index contributed by atoms with van der Waals surface area (Å²) in [5.41, 5.74) is 2.68. The Bertz CT molecular complexity index is 846. The van der Waals surface area contributed by atoms with Gasteiger partial charge in [-0.3, -0.25) is 4.90 Å². The molecule has 0 bridgehead atoms. The molecule has 1 aliphatic carbocycles. The third-order valence-corrected chi connectivity index (χ3v) is 8.95. The fourth-order valence-corrected chi connectivity index (χ4v) is 6.01. The highest BCUT2D eigenvalue weighted by atomic mass is 16.5. The van der Waals surface area contributed by atoms with Crippen molar-refractivity contribution in [2.45, 2.75) is 117 Å². The van der Waals surface area contributed by atoms with E-state index in [4.69, 9.17) is 9.47 Å². The summed E-state index contributed by atoms with van der Waals surface area (Å²) in [6.07, 6.45) is 16.6.